The van der Waals surface area contributed by atoms with Crippen molar-refractivity contribution in [2.75, 3.05) is 14.1 Å². The van der Waals surface area contributed by atoms with Gasteiger partial charge in [-0.25, -0.2) is 0 Å². The molecule has 126 valence electrons. The molecule has 0 aliphatic rings. The van der Waals surface area contributed by atoms with Crippen molar-refractivity contribution >= 4 is 21.8 Å². The predicted octanol–water partition coefficient (Wildman–Crippen LogP) is 4.03. The molecule has 1 heterocycles. The number of rotatable bonds is 1. The van der Waals surface area contributed by atoms with Crippen molar-refractivity contribution in [3.05, 3.63) is 28.0 Å². The number of pyridine rings is 1. The van der Waals surface area contributed by atoms with Crippen LogP contribution in [0.5, 0.6) is 0 Å². The summed E-state index contributed by atoms with van der Waals surface area (Å²) in [5.41, 5.74) is 1.48. The number of hydrogen-bond acceptors (Lipinski definition) is 3. The monoisotopic (exact) mass is 371 g/mol. The van der Waals surface area contributed by atoms with Crippen molar-refractivity contribution in [1.29, 1.82) is 0 Å². The first-order valence-corrected chi connectivity index (χ1v) is 8.18. The van der Waals surface area contributed by atoms with Crippen LogP contribution in [0.25, 0.3) is 0 Å². The highest BCUT2D eigenvalue weighted by atomic mass is 79.9. The molecule has 0 radical (unpaired) electrons. The molecule has 0 aromatic carbocycles. The quantitative estimate of drug-likeness (QED) is 0.810. The van der Waals surface area contributed by atoms with Crippen LogP contribution in [0.3, 0.4) is 0 Å². The molecule has 1 N–H and O–H groups in total. The summed E-state index contributed by atoms with van der Waals surface area (Å²) in [7, 11) is 3.75. The number of amides is 1. The normalized spacial score (nSPS) is 11.5. The molecule has 5 heteroatoms. The molecular formula is C17H30BrN3O. The van der Waals surface area contributed by atoms with Crippen LogP contribution in [0.1, 0.15) is 57.6 Å². The maximum atomic E-state index is 12.2. The minimum Gasteiger partial charge on any atom is -0.336 e. The zero-order valence-electron chi connectivity index (χ0n) is 15.3. The Kier molecular flexibility index (Phi) is 7.72. The van der Waals surface area contributed by atoms with Crippen molar-refractivity contribution in [2.45, 2.75) is 59.5 Å². The topological polar surface area (TPSA) is 45.2 Å². The van der Waals surface area contributed by atoms with E-state index in [1.165, 1.54) is 0 Å². The summed E-state index contributed by atoms with van der Waals surface area (Å²) in [6.45, 7) is 14.3. The Hall–Kier alpha value is -0.940. The number of carbonyl (C=O) groups is 1. The van der Waals surface area contributed by atoms with E-state index in [1.807, 2.05) is 40.8 Å². The average Bonchev–Trinajstić information content (AvgIpc) is 2.39. The third kappa shape index (κ3) is 6.88. The van der Waals surface area contributed by atoms with E-state index < -0.39 is 0 Å². The number of nitrogens with zero attached hydrogens (tertiary/aromatic N) is 2. The van der Waals surface area contributed by atoms with E-state index in [0.29, 0.717) is 11.2 Å². The first-order chi connectivity index (χ1) is 9.81. The van der Waals surface area contributed by atoms with Crippen LogP contribution in [0.15, 0.2) is 16.7 Å². The molecule has 0 aliphatic heterocycles. The van der Waals surface area contributed by atoms with Gasteiger partial charge in [0.25, 0.3) is 5.91 Å². The van der Waals surface area contributed by atoms with E-state index in [9.17, 15) is 4.79 Å². The smallest absolute Gasteiger partial charge is 0.272 e. The fourth-order valence-corrected chi connectivity index (χ4v) is 1.50. The van der Waals surface area contributed by atoms with E-state index in [2.05, 4.69) is 47.0 Å². The highest BCUT2D eigenvalue weighted by Crippen LogP contribution is 2.21. The van der Waals surface area contributed by atoms with Gasteiger partial charge in [-0.2, -0.15) is 0 Å². The molecular weight excluding hydrogens is 342 g/mol. The summed E-state index contributed by atoms with van der Waals surface area (Å²) in [5.74, 6) is -0.0497. The minimum atomic E-state index is -0.201. The molecule has 1 amide bonds. The Morgan fingerprint density at radius 1 is 1.23 bits per heavy atom. The van der Waals surface area contributed by atoms with Crippen LogP contribution < -0.4 is 5.32 Å². The van der Waals surface area contributed by atoms with Gasteiger partial charge in [-0.15, -0.1) is 0 Å². The van der Waals surface area contributed by atoms with Gasteiger partial charge < -0.3 is 10.2 Å². The number of carbonyl (C=O) groups excluding carboxylic acids is 1. The SMILES string of the molecule is CNC(C)(C)C.Cc1c(Br)ccnc1C(=O)N(C)C(C)(C)C. The summed E-state index contributed by atoms with van der Waals surface area (Å²) in [4.78, 5) is 18.1. The summed E-state index contributed by atoms with van der Waals surface area (Å²) in [5, 5.41) is 3.10. The molecule has 22 heavy (non-hydrogen) atoms. The van der Waals surface area contributed by atoms with Gasteiger partial charge >= 0.3 is 0 Å². The van der Waals surface area contributed by atoms with Gasteiger partial charge in [-0.3, -0.25) is 9.78 Å². The van der Waals surface area contributed by atoms with Crippen molar-refractivity contribution in [2.24, 2.45) is 0 Å². The van der Waals surface area contributed by atoms with Crippen LogP contribution in [0, 0.1) is 6.92 Å². The average molecular weight is 372 g/mol. The second-order valence-corrected chi connectivity index (χ2v) is 8.16. The molecule has 0 saturated carbocycles. The molecule has 0 aliphatic carbocycles. The van der Waals surface area contributed by atoms with Crippen LogP contribution in [-0.4, -0.2) is 41.0 Å². The molecule has 0 atom stereocenters. The molecule has 4 nitrogen and oxygen atoms in total. The molecule has 0 saturated heterocycles. The number of aromatic nitrogens is 1. The third-order valence-electron chi connectivity index (χ3n) is 3.40. The molecule has 1 aromatic heterocycles. The molecule has 0 spiro atoms. The van der Waals surface area contributed by atoms with Crippen molar-refractivity contribution in [3.8, 4) is 0 Å². The summed E-state index contributed by atoms with van der Waals surface area (Å²) < 4.78 is 0.910. The summed E-state index contributed by atoms with van der Waals surface area (Å²) >= 11 is 3.40. The lowest BCUT2D eigenvalue weighted by Gasteiger charge is -2.32. The number of hydrogen-bond donors (Lipinski definition) is 1. The van der Waals surface area contributed by atoms with Gasteiger partial charge in [-0.05, 0) is 67.1 Å². The molecule has 0 bridgehead atoms. The standard InChI is InChI=1S/C12H17BrN2O.C5H13N/c1-8-9(13)6-7-14-10(8)11(16)15(5)12(2,3)4;1-5(2,3)6-4/h6-7H,1-5H3;6H,1-4H3. The van der Waals surface area contributed by atoms with Gasteiger partial charge in [-0.1, -0.05) is 15.9 Å². The second-order valence-electron chi connectivity index (χ2n) is 7.30. The highest BCUT2D eigenvalue weighted by molar-refractivity contribution is 9.10. The largest absolute Gasteiger partial charge is 0.336 e. The van der Waals surface area contributed by atoms with Crippen molar-refractivity contribution in [1.82, 2.24) is 15.2 Å². The van der Waals surface area contributed by atoms with Crippen LogP contribution in [0.2, 0.25) is 0 Å². The van der Waals surface area contributed by atoms with Crippen molar-refractivity contribution < 1.29 is 4.79 Å². The van der Waals surface area contributed by atoms with Crippen LogP contribution in [0.4, 0.5) is 0 Å². The van der Waals surface area contributed by atoms with E-state index >= 15 is 0 Å². The maximum absolute atomic E-state index is 12.2. The lowest BCUT2D eigenvalue weighted by atomic mass is 10.1. The Balaban J connectivity index is 0.000000626. The Morgan fingerprint density at radius 2 is 1.68 bits per heavy atom. The molecule has 1 rings (SSSR count). The van der Waals surface area contributed by atoms with Gasteiger partial charge in [0.1, 0.15) is 5.69 Å². The van der Waals surface area contributed by atoms with Gasteiger partial charge in [0.2, 0.25) is 0 Å². The maximum Gasteiger partial charge on any atom is 0.272 e. The predicted molar refractivity (Wildman–Crippen MR) is 97.3 cm³/mol. The first kappa shape index (κ1) is 21.1. The minimum absolute atomic E-state index is 0.0497. The van der Waals surface area contributed by atoms with E-state index in [0.717, 1.165) is 10.0 Å². The summed E-state index contributed by atoms with van der Waals surface area (Å²) in [6.07, 6.45) is 1.64. The second kappa shape index (κ2) is 8.06. The zero-order valence-corrected chi connectivity index (χ0v) is 16.9. The van der Waals surface area contributed by atoms with Gasteiger partial charge in [0.05, 0.1) is 0 Å². The first-order valence-electron chi connectivity index (χ1n) is 7.39. The van der Waals surface area contributed by atoms with Crippen LogP contribution in [-0.2, 0) is 0 Å². The Bertz CT molecular complexity index is 502. The third-order valence-corrected chi connectivity index (χ3v) is 4.26. The van der Waals surface area contributed by atoms with Gasteiger partial charge in [0.15, 0.2) is 0 Å². The summed E-state index contributed by atoms with van der Waals surface area (Å²) in [6, 6.07) is 1.84. The van der Waals surface area contributed by atoms with Crippen molar-refractivity contribution in [3.63, 3.8) is 0 Å². The van der Waals surface area contributed by atoms with Crippen LogP contribution >= 0.6 is 15.9 Å². The fraction of sp³-hybridized carbons (Fsp3) is 0.647. The molecule has 0 unspecified atom stereocenters. The Labute approximate surface area is 143 Å². The van der Waals surface area contributed by atoms with E-state index in [4.69, 9.17) is 0 Å². The number of nitrogens with one attached hydrogen (secondary N) is 1. The lowest BCUT2D eigenvalue weighted by molar-refractivity contribution is 0.0648. The fourth-order valence-electron chi connectivity index (χ4n) is 1.19. The molecule has 1 aromatic rings. The van der Waals surface area contributed by atoms with E-state index in [-0.39, 0.29) is 11.4 Å². The van der Waals surface area contributed by atoms with Gasteiger partial charge in [0, 0.05) is 28.8 Å². The Morgan fingerprint density at radius 3 is 2.05 bits per heavy atom. The lowest BCUT2D eigenvalue weighted by Crippen LogP contribution is -2.43. The number of halogens is 1. The zero-order chi connectivity index (χ0) is 17.7. The van der Waals surface area contributed by atoms with E-state index in [1.54, 1.807) is 18.1 Å². The molecule has 0 fully saturated rings. The highest BCUT2D eigenvalue weighted by Gasteiger charge is 2.25.